The molecule has 2 aliphatic rings. The highest BCUT2D eigenvalue weighted by molar-refractivity contribution is 5.87. The number of amides is 2. The second kappa shape index (κ2) is 7.12. The summed E-state index contributed by atoms with van der Waals surface area (Å²) >= 11 is 0. The molecule has 0 saturated heterocycles. The van der Waals surface area contributed by atoms with Gasteiger partial charge >= 0.3 is 6.03 Å². The molecular weight excluding hydrogens is 411 g/mol. The van der Waals surface area contributed by atoms with Crippen molar-refractivity contribution in [2.75, 3.05) is 13.7 Å². The number of nitrogens with zero attached hydrogens (tertiary/aromatic N) is 2. The fourth-order valence-electron chi connectivity index (χ4n) is 4.40. The molecule has 3 aromatic rings. The molecule has 0 radical (unpaired) electrons. The van der Waals surface area contributed by atoms with E-state index in [9.17, 15) is 22.8 Å². The van der Waals surface area contributed by atoms with Gasteiger partial charge in [0.25, 0.3) is 5.56 Å². The SMILES string of the molecule is CN(C(=O)N1Cc2ccc(F)cc2C1)C1COCc2[nH]c(=O)c3cc(F)c(F)cc3c21. The molecule has 160 valence electrons. The number of pyridine rings is 1. The number of likely N-dealkylation sites (N-methyl/N-ethyl adjacent to an activating group) is 1. The predicted octanol–water partition coefficient (Wildman–Crippen LogP) is 3.58. The van der Waals surface area contributed by atoms with Crippen molar-refractivity contribution in [3.05, 3.63) is 80.5 Å². The fourth-order valence-corrected chi connectivity index (χ4v) is 4.40. The number of hydrogen-bond donors (Lipinski definition) is 1. The molecule has 5 rings (SSSR count). The number of urea groups is 1. The molecule has 2 amide bonds. The minimum absolute atomic E-state index is 0.00875. The molecule has 0 bridgehead atoms. The largest absolute Gasteiger partial charge is 0.373 e. The van der Waals surface area contributed by atoms with Crippen molar-refractivity contribution in [2.45, 2.75) is 25.7 Å². The Labute approximate surface area is 174 Å². The zero-order valence-corrected chi connectivity index (χ0v) is 16.5. The van der Waals surface area contributed by atoms with Crippen LogP contribution in [0.4, 0.5) is 18.0 Å². The van der Waals surface area contributed by atoms with Gasteiger partial charge in [0.15, 0.2) is 11.6 Å². The highest BCUT2D eigenvalue weighted by Gasteiger charge is 2.34. The predicted molar refractivity (Wildman–Crippen MR) is 106 cm³/mol. The number of aromatic amines is 1. The van der Waals surface area contributed by atoms with Gasteiger partial charge in [0.1, 0.15) is 5.82 Å². The van der Waals surface area contributed by atoms with Crippen LogP contribution in [-0.4, -0.2) is 34.5 Å². The maximum atomic E-state index is 14.0. The van der Waals surface area contributed by atoms with Crippen LogP contribution in [0.25, 0.3) is 10.8 Å². The Kier molecular flexibility index (Phi) is 4.51. The standard InChI is InChI=1S/C22H18F3N3O3/c1-27(22(30)28-7-11-2-3-13(23)4-12(11)8-28)19-10-31-9-18-20(19)14-5-16(24)17(25)6-15(14)21(29)26-18/h2-6,19H,7-10H2,1H3,(H,26,29). The van der Waals surface area contributed by atoms with Crippen LogP contribution in [0.15, 0.2) is 35.1 Å². The maximum Gasteiger partial charge on any atom is 0.320 e. The number of fused-ring (bicyclic) bond motifs is 4. The van der Waals surface area contributed by atoms with Gasteiger partial charge in [0.2, 0.25) is 0 Å². The van der Waals surface area contributed by atoms with Crippen LogP contribution in [0.5, 0.6) is 0 Å². The molecule has 2 aromatic carbocycles. The van der Waals surface area contributed by atoms with Crippen molar-refractivity contribution in [1.82, 2.24) is 14.8 Å². The summed E-state index contributed by atoms with van der Waals surface area (Å²) in [4.78, 5) is 31.3. The Hall–Kier alpha value is -3.33. The van der Waals surface area contributed by atoms with Gasteiger partial charge < -0.3 is 19.5 Å². The van der Waals surface area contributed by atoms with E-state index in [2.05, 4.69) is 4.98 Å². The molecule has 0 spiro atoms. The van der Waals surface area contributed by atoms with Crippen LogP contribution >= 0.6 is 0 Å². The fraction of sp³-hybridized carbons (Fsp3) is 0.273. The number of rotatable bonds is 1. The number of benzene rings is 2. The topological polar surface area (TPSA) is 65.6 Å². The van der Waals surface area contributed by atoms with E-state index in [4.69, 9.17) is 4.74 Å². The van der Waals surface area contributed by atoms with Crippen molar-refractivity contribution in [3.8, 4) is 0 Å². The summed E-state index contributed by atoms with van der Waals surface area (Å²) in [5, 5.41) is 0.256. The van der Waals surface area contributed by atoms with Crippen molar-refractivity contribution >= 4 is 16.8 Å². The summed E-state index contributed by atoms with van der Waals surface area (Å²) in [5.41, 5.74) is 2.01. The lowest BCUT2D eigenvalue weighted by atomic mass is 9.95. The number of carbonyl (C=O) groups excluding carboxylic acids is 1. The van der Waals surface area contributed by atoms with Crippen molar-refractivity contribution < 1.29 is 22.7 Å². The van der Waals surface area contributed by atoms with Gasteiger partial charge in [0, 0.05) is 31.4 Å². The van der Waals surface area contributed by atoms with E-state index < -0.39 is 23.2 Å². The van der Waals surface area contributed by atoms with E-state index >= 15 is 0 Å². The van der Waals surface area contributed by atoms with Gasteiger partial charge in [-0.05, 0) is 40.8 Å². The van der Waals surface area contributed by atoms with Gasteiger partial charge in [-0.2, -0.15) is 0 Å². The molecular formula is C22H18F3N3O3. The molecule has 2 aliphatic heterocycles. The summed E-state index contributed by atoms with van der Waals surface area (Å²) in [5.74, 6) is -2.55. The lowest BCUT2D eigenvalue weighted by Gasteiger charge is -2.35. The Morgan fingerprint density at radius 2 is 1.81 bits per heavy atom. The van der Waals surface area contributed by atoms with E-state index in [0.29, 0.717) is 17.8 Å². The molecule has 0 fully saturated rings. The second-order valence-corrected chi connectivity index (χ2v) is 7.85. The molecule has 3 heterocycles. The number of carbonyl (C=O) groups is 1. The molecule has 6 nitrogen and oxygen atoms in total. The molecule has 9 heteroatoms. The van der Waals surface area contributed by atoms with Crippen LogP contribution in [0.1, 0.15) is 28.4 Å². The third-order valence-corrected chi connectivity index (χ3v) is 5.97. The van der Waals surface area contributed by atoms with Crippen LogP contribution in [0.2, 0.25) is 0 Å². The van der Waals surface area contributed by atoms with Crippen LogP contribution < -0.4 is 5.56 Å². The van der Waals surface area contributed by atoms with E-state index in [-0.39, 0.29) is 42.4 Å². The molecule has 1 aromatic heterocycles. The van der Waals surface area contributed by atoms with E-state index in [1.165, 1.54) is 17.0 Å². The average Bonchev–Trinajstić information content (AvgIpc) is 3.17. The Bertz CT molecular complexity index is 1290. The highest BCUT2D eigenvalue weighted by Crippen LogP contribution is 2.35. The first-order valence-electron chi connectivity index (χ1n) is 9.74. The first-order valence-corrected chi connectivity index (χ1v) is 9.74. The third kappa shape index (κ3) is 3.16. The molecule has 31 heavy (non-hydrogen) atoms. The van der Waals surface area contributed by atoms with Crippen molar-refractivity contribution in [2.24, 2.45) is 0 Å². The van der Waals surface area contributed by atoms with Crippen LogP contribution in [-0.2, 0) is 24.4 Å². The highest BCUT2D eigenvalue weighted by atomic mass is 19.2. The number of H-pyrrole nitrogens is 1. The van der Waals surface area contributed by atoms with Gasteiger partial charge in [-0.1, -0.05) is 6.07 Å². The minimum atomic E-state index is -1.12. The average molecular weight is 429 g/mol. The summed E-state index contributed by atoms with van der Waals surface area (Å²) in [6.45, 7) is 0.825. The number of nitrogens with one attached hydrogen (secondary N) is 1. The smallest absolute Gasteiger partial charge is 0.320 e. The molecule has 1 N–H and O–H groups in total. The van der Waals surface area contributed by atoms with Gasteiger partial charge in [-0.15, -0.1) is 0 Å². The summed E-state index contributed by atoms with van der Waals surface area (Å²) in [7, 11) is 1.59. The molecule has 0 aliphatic carbocycles. The van der Waals surface area contributed by atoms with Crippen molar-refractivity contribution in [1.29, 1.82) is 0 Å². The lowest BCUT2D eigenvalue weighted by molar-refractivity contribution is 0.0437. The van der Waals surface area contributed by atoms with Crippen LogP contribution in [0, 0.1) is 17.5 Å². The van der Waals surface area contributed by atoms with E-state index in [1.54, 1.807) is 18.0 Å². The van der Waals surface area contributed by atoms with Gasteiger partial charge in [-0.25, -0.2) is 18.0 Å². The second-order valence-electron chi connectivity index (χ2n) is 7.85. The number of ether oxygens (including phenoxy) is 1. The lowest BCUT2D eigenvalue weighted by Crippen LogP contribution is -2.43. The zero-order chi connectivity index (χ0) is 21.9. The molecule has 0 saturated carbocycles. The summed E-state index contributed by atoms with van der Waals surface area (Å²) in [6.07, 6.45) is 0. The molecule has 1 atom stereocenters. The Balaban J connectivity index is 1.53. The Morgan fingerprint density at radius 1 is 1.10 bits per heavy atom. The summed E-state index contributed by atoms with van der Waals surface area (Å²) < 4.78 is 46.9. The number of aromatic nitrogens is 1. The van der Waals surface area contributed by atoms with E-state index in [0.717, 1.165) is 23.3 Å². The quantitative estimate of drug-likeness (QED) is 0.643. The van der Waals surface area contributed by atoms with Crippen LogP contribution in [0.3, 0.4) is 0 Å². The Morgan fingerprint density at radius 3 is 2.58 bits per heavy atom. The van der Waals surface area contributed by atoms with E-state index in [1.807, 2.05) is 0 Å². The maximum absolute atomic E-state index is 14.0. The first-order chi connectivity index (χ1) is 14.8. The monoisotopic (exact) mass is 429 g/mol. The first kappa shape index (κ1) is 19.6. The number of hydrogen-bond acceptors (Lipinski definition) is 3. The minimum Gasteiger partial charge on any atom is -0.373 e. The van der Waals surface area contributed by atoms with Crippen molar-refractivity contribution in [3.63, 3.8) is 0 Å². The zero-order valence-electron chi connectivity index (χ0n) is 16.5. The molecule has 1 unspecified atom stereocenters. The van der Waals surface area contributed by atoms with Gasteiger partial charge in [-0.3, -0.25) is 4.79 Å². The summed E-state index contributed by atoms with van der Waals surface area (Å²) in [6, 6.07) is 5.34. The normalized spacial score (nSPS) is 17.5. The van der Waals surface area contributed by atoms with Gasteiger partial charge in [0.05, 0.1) is 24.6 Å². The number of halogens is 3. The third-order valence-electron chi connectivity index (χ3n) is 5.97.